The van der Waals surface area contributed by atoms with Gasteiger partial charge in [0, 0.05) is 26.0 Å². The van der Waals surface area contributed by atoms with Gasteiger partial charge in [-0.1, -0.05) is 17.7 Å². The molecular weight excluding hydrogens is 214 g/mol. The summed E-state index contributed by atoms with van der Waals surface area (Å²) >= 11 is 7.90. The smallest absolute Gasteiger partial charge is 0.0492 e. The zero-order valence-electron chi connectivity index (χ0n) is 8.17. The van der Waals surface area contributed by atoms with Crippen molar-refractivity contribution in [2.24, 2.45) is 0 Å². The van der Waals surface area contributed by atoms with Crippen LogP contribution in [0.2, 0.25) is 5.02 Å². The molecule has 1 heterocycles. The molecule has 1 aromatic carbocycles. The molecule has 3 heteroatoms. The Morgan fingerprint density at radius 3 is 2.86 bits per heavy atom. The molecule has 14 heavy (non-hydrogen) atoms. The van der Waals surface area contributed by atoms with Gasteiger partial charge in [0.2, 0.25) is 0 Å². The first-order valence-corrected chi connectivity index (χ1v) is 5.77. The van der Waals surface area contributed by atoms with Gasteiger partial charge < -0.3 is 5.32 Å². The van der Waals surface area contributed by atoms with E-state index in [-0.39, 0.29) is 0 Å². The molecule has 0 fully saturated rings. The van der Waals surface area contributed by atoms with E-state index < -0.39 is 0 Å². The molecule has 1 nitrogen and oxygen atoms in total. The summed E-state index contributed by atoms with van der Waals surface area (Å²) in [6.07, 6.45) is 0. The van der Waals surface area contributed by atoms with Crippen LogP contribution < -0.4 is 5.32 Å². The average molecular weight is 226 g/mol. The molecule has 0 radical (unpaired) electrons. The molecule has 0 aliphatic carbocycles. The molecule has 1 atom stereocenters. The summed E-state index contributed by atoms with van der Waals surface area (Å²) in [5.74, 6) is 0. The van der Waals surface area contributed by atoms with E-state index >= 15 is 0 Å². The van der Waals surface area contributed by atoms with Crippen LogP contribution in [0.4, 0.5) is 0 Å². The zero-order valence-corrected chi connectivity index (χ0v) is 9.75. The van der Waals surface area contributed by atoms with Crippen LogP contribution in [0.25, 0.3) is 10.1 Å². The van der Waals surface area contributed by atoms with Gasteiger partial charge in [0.1, 0.15) is 0 Å². The fourth-order valence-corrected chi connectivity index (χ4v) is 2.84. The van der Waals surface area contributed by atoms with Gasteiger partial charge in [0.15, 0.2) is 0 Å². The van der Waals surface area contributed by atoms with Crippen molar-refractivity contribution in [2.45, 2.75) is 13.0 Å². The molecule has 0 aliphatic heterocycles. The minimum absolute atomic E-state index is 0.392. The number of fused-ring (bicyclic) bond motifs is 1. The first-order valence-electron chi connectivity index (χ1n) is 4.57. The lowest BCUT2D eigenvalue weighted by atomic mass is 10.2. The van der Waals surface area contributed by atoms with Crippen molar-refractivity contribution in [1.82, 2.24) is 5.32 Å². The van der Waals surface area contributed by atoms with Crippen LogP contribution >= 0.6 is 22.9 Å². The van der Waals surface area contributed by atoms with Gasteiger partial charge in [-0.05, 0) is 32.2 Å². The number of nitrogens with one attached hydrogen (secondary N) is 1. The molecule has 2 aromatic rings. The van der Waals surface area contributed by atoms with Gasteiger partial charge in [-0.15, -0.1) is 11.3 Å². The minimum Gasteiger partial charge on any atom is -0.313 e. The van der Waals surface area contributed by atoms with Crippen LogP contribution in [0.1, 0.15) is 17.8 Å². The van der Waals surface area contributed by atoms with Gasteiger partial charge in [-0.25, -0.2) is 0 Å². The highest BCUT2D eigenvalue weighted by Crippen LogP contribution is 2.33. The molecule has 0 aliphatic rings. The number of benzene rings is 1. The maximum atomic E-state index is 6.10. The second-order valence-corrected chi connectivity index (χ2v) is 4.83. The molecule has 1 aromatic heterocycles. The van der Waals surface area contributed by atoms with Crippen LogP contribution in [0.5, 0.6) is 0 Å². The van der Waals surface area contributed by atoms with E-state index in [0.29, 0.717) is 6.04 Å². The van der Waals surface area contributed by atoms with Crippen LogP contribution in [0.3, 0.4) is 0 Å². The number of hydrogen-bond acceptors (Lipinski definition) is 2. The van der Waals surface area contributed by atoms with Crippen molar-refractivity contribution in [3.05, 3.63) is 34.2 Å². The van der Waals surface area contributed by atoms with E-state index in [1.54, 1.807) is 11.3 Å². The number of rotatable bonds is 2. The van der Waals surface area contributed by atoms with E-state index in [0.717, 1.165) is 10.4 Å². The van der Waals surface area contributed by atoms with Crippen molar-refractivity contribution in [1.29, 1.82) is 0 Å². The third-order valence-electron chi connectivity index (χ3n) is 2.39. The average Bonchev–Trinajstić information content (AvgIpc) is 2.62. The molecule has 1 N–H and O–H groups in total. The molecule has 0 saturated carbocycles. The van der Waals surface area contributed by atoms with Crippen molar-refractivity contribution in [3.8, 4) is 0 Å². The Bertz CT molecular complexity index is 449. The Morgan fingerprint density at radius 2 is 2.21 bits per heavy atom. The third kappa shape index (κ3) is 1.65. The highest BCUT2D eigenvalue weighted by Gasteiger charge is 2.08. The molecule has 0 amide bonds. The fourth-order valence-electron chi connectivity index (χ4n) is 1.40. The first-order chi connectivity index (χ1) is 6.72. The minimum atomic E-state index is 0.392. The maximum Gasteiger partial charge on any atom is 0.0492 e. The Morgan fingerprint density at radius 1 is 1.43 bits per heavy atom. The number of thiophene rings is 1. The van der Waals surface area contributed by atoms with Gasteiger partial charge in [-0.2, -0.15) is 0 Å². The molecule has 1 unspecified atom stereocenters. The Balaban J connectivity index is 2.56. The highest BCUT2D eigenvalue weighted by atomic mass is 35.5. The van der Waals surface area contributed by atoms with Gasteiger partial charge in [0.05, 0.1) is 0 Å². The fraction of sp³-hybridized carbons (Fsp3) is 0.273. The molecule has 0 spiro atoms. The summed E-state index contributed by atoms with van der Waals surface area (Å²) in [6, 6.07) is 8.60. The first kappa shape index (κ1) is 9.97. The predicted molar refractivity (Wildman–Crippen MR) is 64.3 cm³/mol. The van der Waals surface area contributed by atoms with E-state index in [2.05, 4.69) is 24.4 Å². The normalized spacial score (nSPS) is 13.4. The number of hydrogen-bond donors (Lipinski definition) is 1. The van der Waals surface area contributed by atoms with Crippen LogP contribution in [-0.4, -0.2) is 7.05 Å². The number of halogens is 1. The Kier molecular flexibility index (Phi) is 2.77. The van der Waals surface area contributed by atoms with E-state index in [9.17, 15) is 0 Å². The van der Waals surface area contributed by atoms with Gasteiger partial charge in [0.25, 0.3) is 0 Å². The highest BCUT2D eigenvalue weighted by molar-refractivity contribution is 7.19. The molecule has 0 saturated heterocycles. The van der Waals surface area contributed by atoms with Crippen molar-refractivity contribution in [3.63, 3.8) is 0 Å². The monoisotopic (exact) mass is 225 g/mol. The van der Waals surface area contributed by atoms with E-state index in [4.69, 9.17) is 11.6 Å². The molecule has 2 rings (SSSR count). The SMILES string of the molecule is CNC(C)c1cc2c(Cl)cccc2s1. The van der Waals surface area contributed by atoms with Gasteiger partial charge in [-0.3, -0.25) is 0 Å². The maximum absolute atomic E-state index is 6.10. The summed E-state index contributed by atoms with van der Waals surface area (Å²) < 4.78 is 1.26. The standard InChI is InChI=1S/C11H12ClNS/c1-7(13-2)11-6-8-9(12)4-3-5-10(8)14-11/h3-7,13H,1-2H3. The molecular formula is C11H12ClNS. The van der Waals surface area contributed by atoms with Crippen molar-refractivity contribution >= 4 is 33.0 Å². The van der Waals surface area contributed by atoms with Crippen LogP contribution in [0.15, 0.2) is 24.3 Å². The van der Waals surface area contributed by atoms with Gasteiger partial charge >= 0.3 is 0 Å². The Hall–Kier alpha value is -0.570. The van der Waals surface area contributed by atoms with E-state index in [1.807, 2.05) is 19.2 Å². The van der Waals surface area contributed by atoms with Crippen LogP contribution in [0, 0.1) is 0 Å². The topological polar surface area (TPSA) is 12.0 Å². The largest absolute Gasteiger partial charge is 0.313 e. The van der Waals surface area contributed by atoms with Crippen molar-refractivity contribution < 1.29 is 0 Å². The van der Waals surface area contributed by atoms with Crippen LogP contribution in [-0.2, 0) is 0 Å². The quantitative estimate of drug-likeness (QED) is 0.819. The second-order valence-electron chi connectivity index (χ2n) is 3.31. The summed E-state index contributed by atoms with van der Waals surface area (Å²) in [7, 11) is 1.97. The molecule has 0 bridgehead atoms. The summed E-state index contributed by atoms with van der Waals surface area (Å²) in [5, 5.41) is 5.23. The summed E-state index contributed by atoms with van der Waals surface area (Å²) in [6.45, 7) is 2.15. The molecule has 74 valence electrons. The lowest BCUT2D eigenvalue weighted by Crippen LogP contribution is -2.10. The predicted octanol–water partition coefficient (Wildman–Crippen LogP) is 3.84. The summed E-state index contributed by atoms with van der Waals surface area (Å²) in [4.78, 5) is 1.33. The van der Waals surface area contributed by atoms with E-state index in [1.165, 1.54) is 9.58 Å². The lowest BCUT2D eigenvalue weighted by molar-refractivity contribution is 0.664. The third-order valence-corrected chi connectivity index (χ3v) is 4.00. The Labute approximate surface area is 92.7 Å². The lowest BCUT2D eigenvalue weighted by Gasteiger charge is -2.05. The van der Waals surface area contributed by atoms with Crippen molar-refractivity contribution in [2.75, 3.05) is 7.05 Å². The zero-order chi connectivity index (χ0) is 10.1. The summed E-state index contributed by atoms with van der Waals surface area (Å²) in [5.41, 5.74) is 0. The second kappa shape index (κ2) is 3.89.